The first-order chi connectivity index (χ1) is 9.22. The number of amides is 1. The zero-order valence-electron chi connectivity index (χ0n) is 12.1. The number of ether oxygens (including phenoxy) is 1. The molecule has 0 radical (unpaired) electrons. The molecule has 0 unspecified atom stereocenters. The van der Waals surface area contributed by atoms with Crippen molar-refractivity contribution in [3.8, 4) is 5.75 Å². The van der Waals surface area contributed by atoms with Crippen LogP contribution in [0.2, 0.25) is 0 Å². The fraction of sp³-hybridized carbons (Fsp3) is 0.467. The largest absolute Gasteiger partial charge is 0.485 e. The summed E-state index contributed by atoms with van der Waals surface area (Å²) in [6.45, 7) is 6.38. The number of hydrogen-bond donors (Lipinski definition) is 2. The first kappa shape index (κ1) is 14.5. The Bertz CT molecular complexity index is 565. The molecule has 1 amide bonds. The van der Waals surface area contributed by atoms with Crippen LogP contribution in [0.5, 0.6) is 5.75 Å². The number of hydrogen-bond acceptors (Lipinski definition) is 4. The van der Waals surface area contributed by atoms with E-state index in [1.165, 1.54) is 13.8 Å². The number of ketones is 1. The van der Waals surface area contributed by atoms with Crippen molar-refractivity contribution in [3.05, 3.63) is 29.3 Å². The summed E-state index contributed by atoms with van der Waals surface area (Å²) in [4.78, 5) is 22.8. The van der Waals surface area contributed by atoms with Crippen molar-refractivity contribution >= 4 is 11.7 Å². The van der Waals surface area contributed by atoms with Crippen LogP contribution in [0.1, 0.15) is 49.7 Å². The van der Waals surface area contributed by atoms with Crippen LogP contribution < -0.4 is 10.1 Å². The number of Topliss-reactive ketones (excluding diaryl/α,β-unsaturated/α-hetero) is 1. The Labute approximate surface area is 117 Å². The Kier molecular flexibility index (Phi) is 3.56. The molecule has 0 aliphatic carbocycles. The highest BCUT2D eigenvalue weighted by Crippen LogP contribution is 2.40. The summed E-state index contributed by atoms with van der Waals surface area (Å²) in [5, 5.41) is 13.1. The Morgan fingerprint density at radius 2 is 1.95 bits per heavy atom. The van der Waals surface area contributed by atoms with Gasteiger partial charge in [0.1, 0.15) is 17.5 Å². The SMILES string of the molecule is CC(=O)N[C@H]1c2cc(C(C)=O)ccc2OC(C)(C)[C@H]1O. The van der Waals surface area contributed by atoms with Crippen LogP contribution >= 0.6 is 0 Å². The second-order valence-corrected chi connectivity index (χ2v) is 5.64. The minimum absolute atomic E-state index is 0.0753. The Balaban J connectivity index is 2.53. The highest BCUT2D eigenvalue weighted by atomic mass is 16.5. The summed E-state index contributed by atoms with van der Waals surface area (Å²) < 4.78 is 5.77. The molecule has 108 valence electrons. The molecule has 0 spiro atoms. The van der Waals surface area contributed by atoms with Gasteiger partial charge in [-0.1, -0.05) is 0 Å². The molecule has 2 rings (SSSR count). The van der Waals surface area contributed by atoms with Crippen molar-refractivity contribution in [1.82, 2.24) is 5.32 Å². The van der Waals surface area contributed by atoms with Crippen molar-refractivity contribution in [2.45, 2.75) is 45.4 Å². The number of rotatable bonds is 2. The summed E-state index contributed by atoms with van der Waals surface area (Å²) in [5.41, 5.74) is 0.326. The van der Waals surface area contributed by atoms with Gasteiger partial charge in [-0.25, -0.2) is 0 Å². The smallest absolute Gasteiger partial charge is 0.217 e. The van der Waals surface area contributed by atoms with Crippen LogP contribution in [0.25, 0.3) is 0 Å². The van der Waals surface area contributed by atoms with Gasteiger partial charge in [-0.2, -0.15) is 0 Å². The lowest BCUT2D eigenvalue weighted by atomic mass is 9.85. The monoisotopic (exact) mass is 277 g/mol. The number of aliphatic hydroxyl groups excluding tert-OH is 1. The van der Waals surface area contributed by atoms with Crippen LogP contribution in [0.3, 0.4) is 0 Å². The van der Waals surface area contributed by atoms with Gasteiger partial charge in [-0.05, 0) is 39.0 Å². The summed E-state index contributed by atoms with van der Waals surface area (Å²) in [7, 11) is 0. The number of benzene rings is 1. The van der Waals surface area contributed by atoms with E-state index < -0.39 is 17.7 Å². The fourth-order valence-electron chi connectivity index (χ4n) is 2.39. The minimum atomic E-state index is -0.902. The maximum absolute atomic E-state index is 11.5. The average molecular weight is 277 g/mol. The van der Waals surface area contributed by atoms with Gasteiger partial charge in [0, 0.05) is 18.1 Å². The number of carbonyl (C=O) groups is 2. The molecule has 0 saturated carbocycles. The van der Waals surface area contributed by atoms with Gasteiger partial charge >= 0.3 is 0 Å². The van der Waals surface area contributed by atoms with E-state index in [4.69, 9.17) is 4.74 Å². The van der Waals surface area contributed by atoms with Gasteiger partial charge in [-0.3, -0.25) is 9.59 Å². The van der Waals surface area contributed by atoms with E-state index >= 15 is 0 Å². The lowest BCUT2D eigenvalue weighted by Crippen LogP contribution is -2.53. The Morgan fingerprint density at radius 1 is 1.30 bits per heavy atom. The van der Waals surface area contributed by atoms with Gasteiger partial charge in [0.15, 0.2) is 5.78 Å². The van der Waals surface area contributed by atoms with Gasteiger partial charge in [0.05, 0.1) is 6.04 Å². The van der Waals surface area contributed by atoms with E-state index in [0.717, 1.165) is 0 Å². The molecule has 0 aromatic heterocycles. The molecule has 1 aromatic carbocycles. The molecular weight excluding hydrogens is 258 g/mol. The normalized spacial score (nSPS) is 23.4. The molecule has 5 nitrogen and oxygen atoms in total. The predicted octanol–water partition coefficient (Wildman–Crippen LogP) is 1.60. The molecular formula is C15H19NO4. The van der Waals surface area contributed by atoms with E-state index in [0.29, 0.717) is 16.9 Å². The van der Waals surface area contributed by atoms with Gasteiger partial charge < -0.3 is 15.2 Å². The first-order valence-corrected chi connectivity index (χ1v) is 6.51. The minimum Gasteiger partial charge on any atom is -0.485 e. The van der Waals surface area contributed by atoms with Gasteiger partial charge in [0.2, 0.25) is 5.91 Å². The van der Waals surface area contributed by atoms with E-state index in [2.05, 4.69) is 5.32 Å². The van der Waals surface area contributed by atoms with E-state index in [1.54, 1.807) is 32.0 Å². The summed E-state index contributed by atoms with van der Waals surface area (Å²) in [5.74, 6) is 0.253. The summed E-state index contributed by atoms with van der Waals surface area (Å²) in [6, 6.07) is 4.45. The highest BCUT2D eigenvalue weighted by Gasteiger charge is 2.43. The lowest BCUT2D eigenvalue weighted by molar-refractivity contribution is -0.123. The number of carbonyl (C=O) groups excluding carboxylic acids is 2. The zero-order chi connectivity index (χ0) is 15.1. The molecule has 5 heteroatoms. The second kappa shape index (κ2) is 4.90. The molecule has 2 N–H and O–H groups in total. The molecule has 1 aliphatic heterocycles. The lowest BCUT2D eigenvalue weighted by Gasteiger charge is -2.42. The number of fused-ring (bicyclic) bond motifs is 1. The van der Waals surface area contributed by atoms with Crippen molar-refractivity contribution in [2.24, 2.45) is 0 Å². The molecule has 20 heavy (non-hydrogen) atoms. The topological polar surface area (TPSA) is 75.6 Å². The predicted molar refractivity (Wildman–Crippen MR) is 73.7 cm³/mol. The molecule has 1 aliphatic rings. The van der Waals surface area contributed by atoms with Crippen LogP contribution in [-0.4, -0.2) is 28.5 Å². The fourth-order valence-corrected chi connectivity index (χ4v) is 2.39. The van der Waals surface area contributed by atoms with Crippen molar-refractivity contribution < 1.29 is 19.4 Å². The third-order valence-corrected chi connectivity index (χ3v) is 3.51. The van der Waals surface area contributed by atoms with Gasteiger partial charge in [-0.15, -0.1) is 0 Å². The highest BCUT2D eigenvalue weighted by molar-refractivity contribution is 5.94. The van der Waals surface area contributed by atoms with Crippen molar-refractivity contribution in [2.75, 3.05) is 0 Å². The standard InChI is InChI=1S/C15H19NO4/c1-8(17)10-5-6-12-11(7-10)13(16-9(2)18)14(19)15(3,4)20-12/h5-7,13-14,19H,1-4H3,(H,16,18)/t13-,14-/m0/s1. The second-order valence-electron chi connectivity index (χ2n) is 5.64. The number of aliphatic hydroxyl groups is 1. The average Bonchev–Trinajstić information content (AvgIpc) is 2.33. The van der Waals surface area contributed by atoms with Gasteiger partial charge in [0.25, 0.3) is 0 Å². The first-order valence-electron chi connectivity index (χ1n) is 6.51. The molecule has 1 aromatic rings. The van der Waals surface area contributed by atoms with E-state index in [1.807, 2.05) is 0 Å². The molecule has 0 bridgehead atoms. The molecule has 1 heterocycles. The zero-order valence-corrected chi connectivity index (χ0v) is 12.1. The quantitative estimate of drug-likeness (QED) is 0.805. The summed E-state index contributed by atoms with van der Waals surface area (Å²) in [6.07, 6.45) is -0.902. The Hall–Kier alpha value is -1.88. The van der Waals surface area contributed by atoms with E-state index in [-0.39, 0.29) is 11.7 Å². The number of nitrogens with one attached hydrogen (secondary N) is 1. The maximum Gasteiger partial charge on any atom is 0.217 e. The van der Waals surface area contributed by atoms with Crippen LogP contribution in [0.4, 0.5) is 0 Å². The van der Waals surface area contributed by atoms with E-state index in [9.17, 15) is 14.7 Å². The molecule has 0 saturated heterocycles. The Morgan fingerprint density at radius 3 is 2.50 bits per heavy atom. The van der Waals surface area contributed by atoms with Crippen molar-refractivity contribution in [1.29, 1.82) is 0 Å². The maximum atomic E-state index is 11.5. The molecule has 2 atom stereocenters. The van der Waals surface area contributed by atoms with Crippen LogP contribution in [0.15, 0.2) is 18.2 Å². The third-order valence-electron chi connectivity index (χ3n) is 3.51. The third kappa shape index (κ3) is 2.54. The van der Waals surface area contributed by atoms with Crippen LogP contribution in [-0.2, 0) is 4.79 Å². The molecule has 0 fully saturated rings. The van der Waals surface area contributed by atoms with Crippen LogP contribution in [0, 0.1) is 0 Å². The van der Waals surface area contributed by atoms with Crippen molar-refractivity contribution in [3.63, 3.8) is 0 Å². The summed E-state index contributed by atoms with van der Waals surface area (Å²) >= 11 is 0.